The highest BCUT2D eigenvalue weighted by Crippen LogP contribution is 2.28. The summed E-state index contributed by atoms with van der Waals surface area (Å²) in [6.45, 7) is 5.70. The van der Waals surface area contributed by atoms with E-state index < -0.39 is 0 Å². The molecule has 1 aromatic heterocycles. The number of H-pyrrole nitrogens is 1. The number of ether oxygens (including phenoxy) is 1. The van der Waals surface area contributed by atoms with Gasteiger partial charge >= 0.3 is 0 Å². The number of aromatic nitrogens is 1. The van der Waals surface area contributed by atoms with E-state index in [9.17, 15) is 4.79 Å². The summed E-state index contributed by atoms with van der Waals surface area (Å²) in [5, 5.41) is 3.29. The molecule has 0 aliphatic heterocycles. The third-order valence-corrected chi connectivity index (χ3v) is 3.66. The number of benzene rings is 1. The summed E-state index contributed by atoms with van der Waals surface area (Å²) < 4.78 is 5.38. The summed E-state index contributed by atoms with van der Waals surface area (Å²) in [7, 11) is 1.64. The maximum Gasteiger partial charge on any atom is 0.252 e. The first kappa shape index (κ1) is 16.3. The minimum atomic E-state index is -0.0509. The molecule has 118 valence electrons. The molecule has 0 saturated carbocycles. The molecular formula is C18H24N2O2. The lowest BCUT2D eigenvalue weighted by molar-refractivity contribution is 0.416. The van der Waals surface area contributed by atoms with Crippen LogP contribution in [0.15, 0.2) is 35.1 Å². The van der Waals surface area contributed by atoms with Gasteiger partial charge in [0.25, 0.3) is 5.56 Å². The summed E-state index contributed by atoms with van der Waals surface area (Å²) in [6.07, 6.45) is 2.27. The number of unbranched alkanes of at least 4 members (excludes halogenated alkanes) is 1. The molecular weight excluding hydrogens is 276 g/mol. The normalized spacial score (nSPS) is 10.7. The van der Waals surface area contributed by atoms with Crippen LogP contribution < -0.4 is 15.6 Å². The molecule has 0 unspecified atom stereocenters. The Bertz CT molecular complexity index is 677. The van der Waals surface area contributed by atoms with Gasteiger partial charge in [-0.1, -0.05) is 31.0 Å². The zero-order valence-electron chi connectivity index (χ0n) is 13.5. The van der Waals surface area contributed by atoms with Gasteiger partial charge in [0.1, 0.15) is 5.75 Å². The first-order valence-electron chi connectivity index (χ1n) is 7.73. The van der Waals surface area contributed by atoms with Crippen LogP contribution in [-0.4, -0.2) is 18.6 Å². The second-order valence-corrected chi connectivity index (χ2v) is 5.46. The Kier molecular flexibility index (Phi) is 5.78. The molecule has 0 fully saturated rings. The number of pyridine rings is 1. The van der Waals surface area contributed by atoms with E-state index >= 15 is 0 Å². The molecule has 0 saturated heterocycles. The van der Waals surface area contributed by atoms with E-state index in [1.165, 1.54) is 0 Å². The molecule has 0 amide bonds. The average molecular weight is 300 g/mol. The van der Waals surface area contributed by atoms with Crippen LogP contribution in [0.25, 0.3) is 11.3 Å². The van der Waals surface area contributed by atoms with Crippen LogP contribution in [0, 0.1) is 6.92 Å². The van der Waals surface area contributed by atoms with Crippen molar-refractivity contribution in [2.24, 2.45) is 0 Å². The minimum absolute atomic E-state index is 0.0509. The monoisotopic (exact) mass is 300 g/mol. The molecule has 4 heteroatoms. The molecule has 2 N–H and O–H groups in total. The van der Waals surface area contributed by atoms with Crippen molar-refractivity contribution in [2.75, 3.05) is 13.7 Å². The first-order valence-corrected chi connectivity index (χ1v) is 7.73. The van der Waals surface area contributed by atoms with E-state index in [-0.39, 0.29) is 5.56 Å². The zero-order chi connectivity index (χ0) is 15.9. The lowest BCUT2D eigenvalue weighted by atomic mass is 10.1. The largest absolute Gasteiger partial charge is 0.496 e. The Morgan fingerprint density at radius 2 is 2.05 bits per heavy atom. The van der Waals surface area contributed by atoms with Crippen molar-refractivity contribution in [1.82, 2.24) is 10.3 Å². The minimum Gasteiger partial charge on any atom is -0.496 e. The zero-order valence-corrected chi connectivity index (χ0v) is 13.5. The predicted octanol–water partition coefficient (Wildman–Crippen LogP) is 3.25. The molecule has 1 heterocycles. The van der Waals surface area contributed by atoms with Crippen LogP contribution in [0.2, 0.25) is 0 Å². The topological polar surface area (TPSA) is 54.1 Å². The van der Waals surface area contributed by atoms with Crippen LogP contribution in [0.5, 0.6) is 5.75 Å². The average Bonchev–Trinajstić information content (AvgIpc) is 2.52. The number of aryl methyl sites for hydroxylation is 1. The second kappa shape index (κ2) is 7.80. The van der Waals surface area contributed by atoms with Gasteiger partial charge in [-0.3, -0.25) is 4.79 Å². The highest BCUT2D eigenvalue weighted by Gasteiger charge is 2.08. The summed E-state index contributed by atoms with van der Waals surface area (Å²) in [5.41, 5.74) is 3.52. The quantitative estimate of drug-likeness (QED) is 0.772. The van der Waals surface area contributed by atoms with Crippen molar-refractivity contribution in [2.45, 2.75) is 33.2 Å². The van der Waals surface area contributed by atoms with Crippen molar-refractivity contribution in [3.63, 3.8) is 0 Å². The highest BCUT2D eigenvalue weighted by atomic mass is 16.5. The fourth-order valence-corrected chi connectivity index (χ4v) is 2.36. The van der Waals surface area contributed by atoms with Crippen molar-refractivity contribution < 1.29 is 4.74 Å². The van der Waals surface area contributed by atoms with Gasteiger partial charge in [0, 0.05) is 17.7 Å². The SMILES string of the molecule is CCCCNCc1ccc(-c2cc(C)ccc2OC)[nH]c1=O. The molecule has 0 aliphatic rings. The van der Waals surface area contributed by atoms with E-state index in [1.807, 2.05) is 37.3 Å². The number of hydrogen-bond donors (Lipinski definition) is 2. The number of methoxy groups -OCH3 is 1. The van der Waals surface area contributed by atoms with Crippen LogP contribution in [0.1, 0.15) is 30.9 Å². The molecule has 0 spiro atoms. The molecule has 4 nitrogen and oxygen atoms in total. The molecule has 0 bridgehead atoms. The lowest BCUT2D eigenvalue weighted by Crippen LogP contribution is -2.22. The van der Waals surface area contributed by atoms with E-state index in [4.69, 9.17) is 4.74 Å². The molecule has 0 atom stereocenters. The number of nitrogens with one attached hydrogen (secondary N) is 2. The van der Waals surface area contributed by atoms with Crippen molar-refractivity contribution in [3.8, 4) is 17.0 Å². The van der Waals surface area contributed by atoms with E-state index in [1.54, 1.807) is 7.11 Å². The molecule has 0 radical (unpaired) electrons. The van der Waals surface area contributed by atoms with Gasteiger partial charge in [0.15, 0.2) is 0 Å². The summed E-state index contributed by atoms with van der Waals surface area (Å²) in [4.78, 5) is 15.2. The van der Waals surface area contributed by atoms with E-state index in [2.05, 4.69) is 17.2 Å². The van der Waals surface area contributed by atoms with Gasteiger partial charge in [0.2, 0.25) is 0 Å². The third kappa shape index (κ3) is 3.98. The summed E-state index contributed by atoms with van der Waals surface area (Å²) in [6, 6.07) is 9.75. The van der Waals surface area contributed by atoms with Crippen molar-refractivity contribution in [3.05, 3.63) is 51.8 Å². The van der Waals surface area contributed by atoms with Crippen LogP contribution >= 0.6 is 0 Å². The first-order chi connectivity index (χ1) is 10.7. The summed E-state index contributed by atoms with van der Waals surface area (Å²) >= 11 is 0. The Labute approximate surface area is 131 Å². The Hall–Kier alpha value is -2.07. The second-order valence-electron chi connectivity index (χ2n) is 5.46. The Morgan fingerprint density at radius 1 is 1.23 bits per heavy atom. The maximum absolute atomic E-state index is 12.2. The van der Waals surface area contributed by atoms with Crippen LogP contribution in [0.4, 0.5) is 0 Å². The molecule has 0 aliphatic carbocycles. The fraction of sp³-hybridized carbons (Fsp3) is 0.389. The van der Waals surface area contributed by atoms with Crippen LogP contribution in [-0.2, 0) is 6.54 Å². The summed E-state index contributed by atoms with van der Waals surface area (Å²) in [5.74, 6) is 0.759. The van der Waals surface area contributed by atoms with Crippen molar-refractivity contribution >= 4 is 0 Å². The molecule has 2 rings (SSSR count). The number of aromatic amines is 1. The van der Waals surface area contributed by atoms with Gasteiger partial charge in [-0.25, -0.2) is 0 Å². The Morgan fingerprint density at radius 3 is 2.73 bits per heavy atom. The third-order valence-electron chi connectivity index (χ3n) is 3.66. The number of rotatable bonds is 7. The van der Waals surface area contributed by atoms with Crippen molar-refractivity contribution in [1.29, 1.82) is 0 Å². The molecule has 2 aromatic rings. The predicted molar refractivity (Wildman–Crippen MR) is 90.4 cm³/mol. The standard InChI is InChI=1S/C18H24N2O2/c1-4-5-10-19-12-14-7-8-16(20-18(14)21)15-11-13(2)6-9-17(15)22-3/h6-9,11,19H,4-5,10,12H2,1-3H3,(H,20,21). The smallest absolute Gasteiger partial charge is 0.252 e. The van der Waals surface area contributed by atoms with Gasteiger partial charge in [-0.2, -0.15) is 0 Å². The van der Waals surface area contributed by atoms with Crippen LogP contribution in [0.3, 0.4) is 0 Å². The fourth-order valence-electron chi connectivity index (χ4n) is 2.36. The highest BCUT2D eigenvalue weighted by molar-refractivity contribution is 5.68. The van der Waals surface area contributed by atoms with E-state index in [0.29, 0.717) is 6.54 Å². The molecule has 22 heavy (non-hydrogen) atoms. The molecule has 1 aromatic carbocycles. The van der Waals surface area contributed by atoms with Gasteiger partial charge in [-0.15, -0.1) is 0 Å². The number of hydrogen-bond acceptors (Lipinski definition) is 3. The van der Waals surface area contributed by atoms with Gasteiger partial charge in [-0.05, 0) is 38.1 Å². The Balaban J connectivity index is 2.22. The van der Waals surface area contributed by atoms with Gasteiger partial charge in [0.05, 0.1) is 12.8 Å². The lowest BCUT2D eigenvalue weighted by Gasteiger charge is -2.10. The van der Waals surface area contributed by atoms with E-state index in [0.717, 1.165) is 47.5 Å². The van der Waals surface area contributed by atoms with Gasteiger partial charge < -0.3 is 15.0 Å². The maximum atomic E-state index is 12.2.